The van der Waals surface area contributed by atoms with E-state index in [2.05, 4.69) is 15.0 Å². The Hall–Kier alpha value is -2.07. The van der Waals surface area contributed by atoms with Gasteiger partial charge in [0.25, 0.3) is 10.2 Å². The SMILES string of the molecule is NS(=O)(=O)c1cc2c(cc1Cl)NCN(CC[C@H](CO[N+](=O)[O-])O[N+](=O)[O-])S2. The van der Waals surface area contributed by atoms with Gasteiger partial charge in [-0.15, -0.1) is 20.2 Å². The van der Waals surface area contributed by atoms with E-state index in [9.17, 15) is 28.6 Å². The first-order chi connectivity index (χ1) is 12.6. The van der Waals surface area contributed by atoms with E-state index in [0.29, 0.717) is 17.3 Å². The van der Waals surface area contributed by atoms with Gasteiger partial charge in [-0.05, 0) is 30.5 Å². The van der Waals surface area contributed by atoms with Crippen LogP contribution >= 0.6 is 23.5 Å². The summed E-state index contributed by atoms with van der Waals surface area (Å²) in [5.41, 5.74) is 0.600. The van der Waals surface area contributed by atoms with Gasteiger partial charge in [0.2, 0.25) is 10.0 Å². The Balaban J connectivity index is 2.04. The number of sulfonamides is 1. The van der Waals surface area contributed by atoms with Crippen LogP contribution in [0.15, 0.2) is 21.9 Å². The van der Waals surface area contributed by atoms with Gasteiger partial charge in [0.15, 0.2) is 0 Å². The summed E-state index contributed by atoms with van der Waals surface area (Å²) in [4.78, 5) is 29.5. The van der Waals surface area contributed by atoms with E-state index in [1.807, 2.05) is 0 Å². The van der Waals surface area contributed by atoms with Gasteiger partial charge in [0.05, 0.1) is 17.4 Å². The summed E-state index contributed by atoms with van der Waals surface area (Å²) in [5.74, 6) is 0. The second kappa shape index (κ2) is 8.75. The first-order valence-electron chi connectivity index (χ1n) is 7.18. The van der Waals surface area contributed by atoms with Gasteiger partial charge in [-0.2, -0.15) is 0 Å². The number of rotatable bonds is 9. The second-order valence-electron chi connectivity index (χ2n) is 5.21. The molecular weight excluding hydrogens is 430 g/mol. The van der Waals surface area contributed by atoms with Gasteiger partial charge in [-0.1, -0.05) is 11.6 Å². The molecule has 150 valence electrons. The Morgan fingerprint density at radius 1 is 1.37 bits per heavy atom. The summed E-state index contributed by atoms with van der Waals surface area (Å²) in [6.07, 6.45) is -1.09. The zero-order valence-electron chi connectivity index (χ0n) is 13.4. The standard InChI is InChI=1S/C11H14ClN5O8S2/c12-8-3-9-10(4-11(8)27(13,22)23)26-15(6-14-9)2-1-7(25-17(20)21)5-24-16(18)19/h3-4,7,14H,1-2,5-6H2,(H2,13,22,23)/t7-/m1/s1. The third-order valence-electron chi connectivity index (χ3n) is 3.32. The number of benzene rings is 1. The van der Waals surface area contributed by atoms with Crippen molar-refractivity contribution in [3.05, 3.63) is 37.4 Å². The summed E-state index contributed by atoms with van der Waals surface area (Å²) >= 11 is 7.10. The fraction of sp³-hybridized carbons (Fsp3) is 0.455. The molecule has 0 fully saturated rings. The van der Waals surface area contributed by atoms with E-state index < -0.39 is 32.9 Å². The van der Waals surface area contributed by atoms with Gasteiger partial charge < -0.3 is 15.0 Å². The Bertz CT molecular complexity index is 838. The van der Waals surface area contributed by atoms with Gasteiger partial charge in [-0.3, -0.25) is 0 Å². The number of hydrogen-bond acceptors (Lipinski definition) is 11. The molecule has 1 atom stereocenters. The summed E-state index contributed by atoms with van der Waals surface area (Å²) in [6, 6.07) is 2.75. The molecule has 1 aliphatic heterocycles. The van der Waals surface area contributed by atoms with Crippen LogP contribution < -0.4 is 10.5 Å². The lowest BCUT2D eigenvalue weighted by Gasteiger charge is -2.29. The van der Waals surface area contributed by atoms with E-state index in [-0.39, 0.29) is 22.9 Å². The van der Waals surface area contributed by atoms with Crippen LogP contribution in [0.3, 0.4) is 0 Å². The molecule has 0 aromatic heterocycles. The van der Waals surface area contributed by atoms with Gasteiger partial charge >= 0.3 is 0 Å². The quantitative estimate of drug-likeness (QED) is 0.313. The van der Waals surface area contributed by atoms with Crippen LogP contribution in [0.25, 0.3) is 0 Å². The van der Waals surface area contributed by atoms with E-state index in [4.69, 9.17) is 16.7 Å². The zero-order chi connectivity index (χ0) is 20.2. The number of primary sulfonamides is 1. The third kappa shape index (κ3) is 6.24. The lowest BCUT2D eigenvalue weighted by Crippen LogP contribution is -2.33. The molecule has 1 aromatic rings. The van der Waals surface area contributed by atoms with Crippen molar-refractivity contribution in [3.63, 3.8) is 0 Å². The van der Waals surface area contributed by atoms with E-state index in [0.717, 1.165) is 0 Å². The number of nitrogens with one attached hydrogen (secondary N) is 1. The Labute approximate surface area is 162 Å². The van der Waals surface area contributed by atoms with Crippen molar-refractivity contribution in [2.45, 2.75) is 22.3 Å². The van der Waals surface area contributed by atoms with Crippen LogP contribution in [0, 0.1) is 20.2 Å². The molecule has 0 spiro atoms. The highest BCUT2D eigenvalue weighted by atomic mass is 35.5. The predicted molar refractivity (Wildman–Crippen MR) is 93.3 cm³/mol. The molecule has 1 aliphatic rings. The van der Waals surface area contributed by atoms with Crippen LogP contribution in [0.2, 0.25) is 5.02 Å². The average Bonchev–Trinajstić information content (AvgIpc) is 2.55. The first-order valence-corrected chi connectivity index (χ1v) is 9.87. The maximum absolute atomic E-state index is 11.6. The summed E-state index contributed by atoms with van der Waals surface area (Å²) in [7, 11) is -4.01. The maximum Gasteiger partial charge on any atom is 0.294 e. The minimum atomic E-state index is -4.01. The van der Waals surface area contributed by atoms with Crippen LogP contribution in [-0.2, 0) is 19.7 Å². The largest absolute Gasteiger partial charge is 0.371 e. The fourth-order valence-electron chi connectivity index (χ4n) is 2.16. The summed E-state index contributed by atoms with van der Waals surface area (Å²) in [5, 5.41) is 26.7. The number of hydrogen-bond donors (Lipinski definition) is 2. The number of anilines is 1. The minimum Gasteiger partial charge on any atom is -0.371 e. The average molecular weight is 444 g/mol. The molecule has 0 radical (unpaired) electrons. The molecular formula is C11H14ClN5O8S2. The molecule has 1 aromatic carbocycles. The molecule has 0 unspecified atom stereocenters. The van der Waals surface area contributed by atoms with Crippen molar-refractivity contribution in [1.82, 2.24) is 4.31 Å². The summed E-state index contributed by atoms with van der Waals surface area (Å²) < 4.78 is 24.8. The third-order valence-corrected chi connectivity index (χ3v) is 5.80. The molecule has 1 heterocycles. The molecule has 0 saturated heterocycles. The highest BCUT2D eigenvalue weighted by Crippen LogP contribution is 2.38. The molecule has 0 aliphatic carbocycles. The Morgan fingerprint density at radius 2 is 2.07 bits per heavy atom. The number of halogens is 1. The monoisotopic (exact) mass is 443 g/mol. The number of fused-ring (bicyclic) bond motifs is 1. The Morgan fingerprint density at radius 3 is 2.67 bits per heavy atom. The molecule has 0 amide bonds. The molecule has 0 bridgehead atoms. The van der Waals surface area contributed by atoms with Crippen molar-refractivity contribution in [3.8, 4) is 0 Å². The normalized spacial score (nSPS) is 15.3. The van der Waals surface area contributed by atoms with Crippen LogP contribution in [0.4, 0.5) is 5.69 Å². The second-order valence-corrected chi connectivity index (χ2v) is 8.29. The van der Waals surface area contributed by atoms with Crippen molar-refractivity contribution >= 4 is 39.3 Å². The van der Waals surface area contributed by atoms with Crippen molar-refractivity contribution in [2.24, 2.45) is 5.14 Å². The van der Waals surface area contributed by atoms with Crippen molar-refractivity contribution in [2.75, 3.05) is 25.1 Å². The molecule has 0 saturated carbocycles. The smallest absolute Gasteiger partial charge is 0.294 e. The first kappa shape index (κ1) is 21.2. The van der Waals surface area contributed by atoms with Gasteiger partial charge in [-0.25, -0.2) is 17.9 Å². The van der Waals surface area contributed by atoms with Gasteiger partial charge in [0, 0.05) is 11.4 Å². The maximum atomic E-state index is 11.6. The number of nitrogens with zero attached hydrogens (tertiary/aromatic N) is 3. The predicted octanol–water partition coefficient (Wildman–Crippen LogP) is 0.855. The molecule has 27 heavy (non-hydrogen) atoms. The minimum absolute atomic E-state index is 0.0193. The molecule has 2 rings (SSSR count). The van der Waals surface area contributed by atoms with Gasteiger partial charge in [0.1, 0.15) is 17.6 Å². The lowest BCUT2D eigenvalue weighted by atomic mass is 10.2. The van der Waals surface area contributed by atoms with E-state index >= 15 is 0 Å². The van der Waals surface area contributed by atoms with Crippen molar-refractivity contribution in [1.29, 1.82) is 0 Å². The summed E-state index contributed by atoms with van der Waals surface area (Å²) in [6.45, 7) is -0.0598. The van der Waals surface area contributed by atoms with Crippen LogP contribution in [0.5, 0.6) is 0 Å². The molecule has 16 heteroatoms. The highest BCUT2D eigenvalue weighted by Gasteiger charge is 2.24. The number of nitrogens with two attached hydrogens (primary N) is 1. The fourth-order valence-corrected chi connectivity index (χ4v) is 4.33. The van der Waals surface area contributed by atoms with Crippen LogP contribution in [-0.4, -0.2) is 48.8 Å². The highest BCUT2D eigenvalue weighted by molar-refractivity contribution is 7.97. The molecule has 13 nitrogen and oxygen atoms in total. The Kier molecular flexibility index (Phi) is 6.88. The van der Waals surface area contributed by atoms with E-state index in [1.54, 1.807) is 4.31 Å². The van der Waals surface area contributed by atoms with Crippen molar-refractivity contribution < 1.29 is 28.3 Å². The lowest BCUT2D eigenvalue weighted by molar-refractivity contribution is -0.790. The zero-order valence-corrected chi connectivity index (χ0v) is 15.8. The van der Waals surface area contributed by atoms with E-state index in [1.165, 1.54) is 24.1 Å². The van der Waals surface area contributed by atoms with Crippen LogP contribution in [0.1, 0.15) is 6.42 Å². The molecule has 3 N–H and O–H groups in total. The topological polar surface area (TPSA) is 180 Å².